The third-order valence-corrected chi connectivity index (χ3v) is 6.13. The Morgan fingerprint density at radius 3 is 2.50 bits per heavy atom. The lowest BCUT2D eigenvalue weighted by molar-refractivity contribution is 0.150. The fourth-order valence-corrected chi connectivity index (χ4v) is 4.50. The molecule has 1 saturated heterocycles. The minimum Gasteiger partial charge on any atom is -0.299 e. The molecule has 2 nitrogen and oxygen atoms in total. The first-order chi connectivity index (χ1) is 11.7. The van der Waals surface area contributed by atoms with Crippen molar-refractivity contribution in [1.29, 1.82) is 0 Å². The highest BCUT2D eigenvalue weighted by Gasteiger charge is 2.42. The summed E-state index contributed by atoms with van der Waals surface area (Å²) in [6, 6.07) is 13.6. The molecular formula is C22H28N2. The minimum absolute atomic E-state index is 0.370. The highest BCUT2D eigenvalue weighted by Crippen LogP contribution is 2.45. The Kier molecular flexibility index (Phi) is 4.17. The quantitative estimate of drug-likeness (QED) is 0.816. The van der Waals surface area contributed by atoms with Gasteiger partial charge in [-0.2, -0.15) is 0 Å². The maximum absolute atomic E-state index is 4.75. The van der Waals surface area contributed by atoms with Crippen molar-refractivity contribution in [3.05, 3.63) is 65.0 Å². The topological polar surface area (TPSA) is 16.1 Å². The number of aryl methyl sites for hydroxylation is 1. The van der Waals surface area contributed by atoms with E-state index in [1.54, 1.807) is 0 Å². The molecule has 1 spiro atoms. The lowest BCUT2D eigenvalue weighted by atomic mass is 9.76. The van der Waals surface area contributed by atoms with Crippen LogP contribution in [0.15, 0.2) is 42.6 Å². The van der Waals surface area contributed by atoms with Crippen molar-refractivity contribution >= 4 is 0 Å². The molecule has 0 saturated carbocycles. The molecule has 2 heterocycles. The fourth-order valence-electron chi connectivity index (χ4n) is 4.50. The first kappa shape index (κ1) is 15.8. The number of hydrogen-bond donors (Lipinski definition) is 0. The van der Waals surface area contributed by atoms with Crippen LogP contribution in [0.1, 0.15) is 61.4 Å². The van der Waals surface area contributed by atoms with Gasteiger partial charge in [0, 0.05) is 23.9 Å². The molecule has 0 N–H and O–H groups in total. The summed E-state index contributed by atoms with van der Waals surface area (Å²) in [7, 11) is 0. The van der Waals surface area contributed by atoms with E-state index in [-0.39, 0.29) is 0 Å². The summed E-state index contributed by atoms with van der Waals surface area (Å²) in [5.41, 5.74) is 6.15. The minimum atomic E-state index is 0.370. The lowest BCUT2D eigenvalue weighted by Gasteiger charge is -2.39. The molecule has 1 fully saturated rings. The zero-order chi connectivity index (χ0) is 16.6. The first-order valence-corrected chi connectivity index (χ1v) is 9.42. The largest absolute Gasteiger partial charge is 0.299 e. The average Bonchev–Trinajstić information content (AvgIpc) is 2.97. The van der Waals surface area contributed by atoms with Gasteiger partial charge in [0.15, 0.2) is 0 Å². The van der Waals surface area contributed by atoms with Crippen molar-refractivity contribution in [2.24, 2.45) is 0 Å². The second kappa shape index (κ2) is 6.33. The molecule has 126 valence electrons. The van der Waals surface area contributed by atoms with Gasteiger partial charge in [-0.05, 0) is 67.4 Å². The van der Waals surface area contributed by atoms with Crippen LogP contribution in [0.25, 0.3) is 0 Å². The molecule has 2 aliphatic rings. The molecule has 0 radical (unpaired) electrons. The smallest absolute Gasteiger partial charge is 0.0498 e. The van der Waals surface area contributed by atoms with Crippen LogP contribution in [0.4, 0.5) is 0 Å². The summed E-state index contributed by atoms with van der Waals surface area (Å²) in [6.07, 6.45) is 7.03. The molecule has 1 aliphatic carbocycles. The molecule has 24 heavy (non-hydrogen) atoms. The van der Waals surface area contributed by atoms with Crippen LogP contribution in [0, 0.1) is 0 Å². The van der Waals surface area contributed by atoms with Crippen molar-refractivity contribution in [3.63, 3.8) is 0 Å². The second-order valence-electron chi connectivity index (χ2n) is 7.96. The maximum atomic E-state index is 4.75. The zero-order valence-corrected chi connectivity index (χ0v) is 15.0. The number of fused-ring (bicyclic) bond motifs is 2. The molecule has 0 unspecified atom stereocenters. The first-order valence-electron chi connectivity index (χ1n) is 9.42. The van der Waals surface area contributed by atoms with Gasteiger partial charge < -0.3 is 0 Å². The molecule has 1 aromatic carbocycles. The van der Waals surface area contributed by atoms with Gasteiger partial charge >= 0.3 is 0 Å². The number of aromatic nitrogens is 1. The summed E-state index contributed by atoms with van der Waals surface area (Å²) in [6.45, 7) is 7.99. The Hall–Kier alpha value is -1.67. The molecule has 2 aromatic rings. The molecular weight excluding hydrogens is 292 g/mol. The van der Waals surface area contributed by atoms with Gasteiger partial charge in [0.05, 0.1) is 0 Å². The van der Waals surface area contributed by atoms with Crippen LogP contribution in [-0.2, 0) is 18.4 Å². The summed E-state index contributed by atoms with van der Waals surface area (Å²) < 4.78 is 0. The van der Waals surface area contributed by atoms with Crippen LogP contribution < -0.4 is 0 Å². The second-order valence-corrected chi connectivity index (χ2v) is 7.96. The van der Waals surface area contributed by atoms with Gasteiger partial charge in [0.1, 0.15) is 0 Å². The van der Waals surface area contributed by atoms with E-state index >= 15 is 0 Å². The molecule has 0 bridgehead atoms. The number of piperidine rings is 1. The summed E-state index contributed by atoms with van der Waals surface area (Å²) in [4.78, 5) is 7.37. The van der Waals surface area contributed by atoms with Gasteiger partial charge in [-0.25, -0.2) is 0 Å². The molecule has 2 heteroatoms. The maximum Gasteiger partial charge on any atom is 0.0498 e. The highest BCUT2D eigenvalue weighted by molar-refractivity contribution is 5.34. The molecule has 0 amide bonds. The van der Waals surface area contributed by atoms with E-state index in [1.807, 2.05) is 6.20 Å². The molecule has 1 aromatic heterocycles. The van der Waals surface area contributed by atoms with Crippen molar-refractivity contribution in [1.82, 2.24) is 9.88 Å². The van der Waals surface area contributed by atoms with E-state index in [9.17, 15) is 0 Å². The van der Waals surface area contributed by atoms with Crippen LogP contribution in [0.3, 0.4) is 0 Å². The van der Waals surface area contributed by atoms with Gasteiger partial charge in [-0.15, -0.1) is 0 Å². The predicted octanol–water partition coefficient (Wildman–Crippen LogP) is 4.69. The number of benzene rings is 1. The fraction of sp³-hybridized carbons (Fsp3) is 0.500. The summed E-state index contributed by atoms with van der Waals surface area (Å²) in [5.74, 6) is 0.615. The van der Waals surface area contributed by atoms with Crippen LogP contribution in [0.5, 0.6) is 0 Å². The molecule has 1 aliphatic heterocycles. The third kappa shape index (κ3) is 2.88. The summed E-state index contributed by atoms with van der Waals surface area (Å²) in [5, 5.41) is 0. The van der Waals surface area contributed by atoms with E-state index in [2.05, 4.69) is 55.1 Å². The number of nitrogens with zero attached hydrogens (tertiary/aromatic N) is 2. The number of pyridine rings is 1. The lowest BCUT2D eigenvalue weighted by Crippen LogP contribution is -2.41. The van der Waals surface area contributed by atoms with Gasteiger partial charge in [0.25, 0.3) is 0 Å². The Bertz CT molecular complexity index is 694. The Morgan fingerprint density at radius 1 is 1.04 bits per heavy atom. The SMILES string of the molecule is CC(C)c1ccc(CN2CCC3(CCc4cccnc43)CC2)cc1. The van der Waals surface area contributed by atoms with Gasteiger partial charge in [0.2, 0.25) is 0 Å². The normalized spacial score (nSPS) is 19.8. The van der Waals surface area contributed by atoms with Crippen molar-refractivity contribution in [3.8, 4) is 0 Å². The van der Waals surface area contributed by atoms with E-state index in [0.29, 0.717) is 11.3 Å². The van der Waals surface area contributed by atoms with E-state index in [1.165, 1.54) is 61.2 Å². The Morgan fingerprint density at radius 2 is 1.79 bits per heavy atom. The molecule has 0 atom stereocenters. The van der Waals surface area contributed by atoms with E-state index in [4.69, 9.17) is 4.98 Å². The van der Waals surface area contributed by atoms with Crippen molar-refractivity contribution < 1.29 is 0 Å². The third-order valence-electron chi connectivity index (χ3n) is 6.13. The molecule has 4 rings (SSSR count). The van der Waals surface area contributed by atoms with Gasteiger partial charge in [-0.1, -0.05) is 44.2 Å². The van der Waals surface area contributed by atoms with Gasteiger partial charge in [-0.3, -0.25) is 9.88 Å². The Balaban J connectivity index is 1.40. The Labute approximate surface area is 145 Å². The number of hydrogen-bond acceptors (Lipinski definition) is 2. The van der Waals surface area contributed by atoms with Crippen molar-refractivity contribution in [2.45, 2.75) is 57.4 Å². The zero-order valence-electron chi connectivity index (χ0n) is 15.0. The standard InChI is InChI=1S/C22H28N2/c1-17(2)19-7-5-18(6-8-19)16-24-14-11-22(12-15-24)10-9-20-4-3-13-23-21(20)22/h3-8,13,17H,9-12,14-16H2,1-2H3. The highest BCUT2D eigenvalue weighted by atomic mass is 15.1. The van der Waals surface area contributed by atoms with E-state index < -0.39 is 0 Å². The number of likely N-dealkylation sites (tertiary alicyclic amines) is 1. The van der Waals surface area contributed by atoms with Crippen LogP contribution in [0.2, 0.25) is 0 Å². The average molecular weight is 320 g/mol. The number of rotatable bonds is 3. The monoisotopic (exact) mass is 320 g/mol. The van der Waals surface area contributed by atoms with Crippen LogP contribution in [-0.4, -0.2) is 23.0 Å². The van der Waals surface area contributed by atoms with Crippen molar-refractivity contribution in [2.75, 3.05) is 13.1 Å². The van der Waals surface area contributed by atoms with Crippen LogP contribution >= 0.6 is 0 Å². The van der Waals surface area contributed by atoms with E-state index in [0.717, 1.165) is 6.54 Å². The summed E-state index contributed by atoms with van der Waals surface area (Å²) >= 11 is 0. The predicted molar refractivity (Wildman–Crippen MR) is 99.3 cm³/mol.